The molecule has 0 atom stereocenters. The van der Waals surface area contributed by atoms with Crippen LogP contribution in [-0.2, 0) is 5.41 Å². The molecule has 4 saturated carbocycles. The molecule has 1 N–H and O–H groups in total. The summed E-state index contributed by atoms with van der Waals surface area (Å²) in [5, 5.41) is 0. The molecule has 0 saturated heterocycles. The van der Waals surface area contributed by atoms with Crippen LogP contribution in [0.15, 0.2) is 12.1 Å². The molecule has 0 spiro atoms. The molecule has 0 radical (unpaired) electrons. The fourth-order valence-corrected chi connectivity index (χ4v) is 5.67. The molecular weight excluding hydrogens is 270 g/mol. The molecule has 0 unspecified atom stereocenters. The lowest BCUT2D eigenvalue weighted by Gasteiger charge is -2.55. The number of aromatic nitrogens is 2. The van der Waals surface area contributed by atoms with Crippen molar-refractivity contribution in [3.05, 3.63) is 29.6 Å². The normalized spacial score (nSPS) is 37.5. The van der Waals surface area contributed by atoms with Crippen molar-refractivity contribution in [2.45, 2.75) is 43.9 Å². The van der Waals surface area contributed by atoms with Gasteiger partial charge in [-0.2, -0.15) is 0 Å². The second kappa shape index (κ2) is 3.84. The van der Waals surface area contributed by atoms with E-state index in [0.29, 0.717) is 5.52 Å². The first-order valence-electron chi connectivity index (χ1n) is 7.97. The standard InChI is InChI=1S/C17H18F2N2/c18-12-1-2-13-15(14(12)19)21-16(20-13)17-6-9-3-10(7-17)5-11(4-9)8-17/h1-2,9-11H,3-8H2,(H,20,21). The van der Waals surface area contributed by atoms with Crippen molar-refractivity contribution in [3.63, 3.8) is 0 Å². The van der Waals surface area contributed by atoms with Crippen LogP contribution in [0.4, 0.5) is 8.78 Å². The van der Waals surface area contributed by atoms with Gasteiger partial charge in [-0.3, -0.25) is 0 Å². The third-order valence-electron chi connectivity index (χ3n) is 6.09. The van der Waals surface area contributed by atoms with Crippen LogP contribution in [0, 0.1) is 29.4 Å². The van der Waals surface area contributed by atoms with Gasteiger partial charge in [0.05, 0.1) is 5.52 Å². The van der Waals surface area contributed by atoms with Crippen LogP contribution < -0.4 is 0 Å². The molecule has 4 bridgehead atoms. The van der Waals surface area contributed by atoms with Gasteiger partial charge in [0, 0.05) is 5.41 Å². The summed E-state index contributed by atoms with van der Waals surface area (Å²) in [6, 6.07) is 2.78. The van der Waals surface area contributed by atoms with Gasteiger partial charge in [-0.15, -0.1) is 0 Å². The van der Waals surface area contributed by atoms with Gasteiger partial charge >= 0.3 is 0 Å². The van der Waals surface area contributed by atoms with Crippen molar-refractivity contribution in [1.82, 2.24) is 9.97 Å². The Hall–Kier alpha value is -1.45. The van der Waals surface area contributed by atoms with Gasteiger partial charge in [-0.1, -0.05) is 0 Å². The summed E-state index contributed by atoms with van der Waals surface area (Å²) < 4.78 is 27.3. The molecule has 4 fully saturated rings. The van der Waals surface area contributed by atoms with Gasteiger partial charge in [0.25, 0.3) is 0 Å². The van der Waals surface area contributed by atoms with Crippen molar-refractivity contribution in [3.8, 4) is 0 Å². The Morgan fingerprint density at radius 2 is 1.62 bits per heavy atom. The third-order valence-corrected chi connectivity index (χ3v) is 6.09. The highest BCUT2D eigenvalue weighted by atomic mass is 19.2. The van der Waals surface area contributed by atoms with Crippen molar-refractivity contribution < 1.29 is 8.78 Å². The Labute approximate surface area is 122 Å². The van der Waals surface area contributed by atoms with Crippen LogP contribution in [0.3, 0.4) is 0 Å². The number of halogens is 2. The van der Waals surface area contributed by atoms with E-state index in [-0.39, 0.29) is 10.9 Å². The first kappa shape index (κ1) is 12.1. The highest BCUT2D eigenvalue weighted by Gasteiger charge is 2.53. The minimum Gasteiger partial charge on any atom is -0.341 e. The second-order valence-electron chi connectivity index (χ2n) is 7.54. The first-order chi connectivity index (χ1) is 10.1. The molecule has 2 aromatic rings. The summed E-state index contributed by atoms with van der Waals surface area (Å²) in [5.41, 5.74) is 0.886. The van der Waals surface area contributed by atoms with Crippen molar-refractivity contribution in [1.29, 1.82) is 0 Å². The topological polar surface area (TPSA) is 28.7 Å². The molecule has 2 nitrogen and oxygen atoms in total. The summed E-state index contributed by atoms with van der Waals surface area (Å²) >= 11 is 0. The van der Waals surface area contributed by atoms with Crippen LogP contribution in [0.25, 0.3) is 11.0 Å². The molecule has 1 heterocycles. The van der Waals surface area contributed by atoms with Gasteiger partial charge < -0.3 is 4.98 Å². The molecule has 4 aliphatic carbocycles. The number of H-pyrrole nitrogens is 1. The Morgan fingerprint density at radius 1 is 1.00 bits per heavy atom. The van der Waals surface area contributed by atoms with E-state index in [0.717, 1.165) is 23.6 Å². The predicted octanol–water partition coefficient (Wildman–Crippen LogP) is 4.31. The molecule has 1 aromatic heterocycles. The second-order valence-corrected chi connectivity index (χ2v) is 7.54. The molecule has 0 amide bonds. The highest BCUT2D eigenvalue weighted by Crippen LogP contribution is 2.60. The summed E-state index contributed by atoms with van der Waals surface area (Å²) in [6.07, 6.45) is 7.60. The van der Waals surface area contributed by atoms with E-state index < -0.39 is 11.6 Å². The van der Waals surface area contributed by atoms with E-state index in [9.17, 15) is 8.78 Å². The Bertz CT molecular complexity index is 698. The van der Waals surface area contributed by atoms with E-state index in [2.05, 4.69) is 9.97 Å². The van der Waals surface area contributed by atoms with E-state index >= 15 is 0 Å². The van der Waals surface area contributed by atoms with Gasteiger partial charge in [0.15, 0.2) is 11.6 Å². The lowest BCUT2D eigenvalue weighted by molar-refractivity contribution is -0.00887. The van der Waals surface area contributed by atoms with Crippen LogP contribution in [-0.4, -0.2) is 9.97 Å². The number of fused-ring (bicyclic) bond motifs is 1. The van der Waals surface area contributed by atoms with Crippen molar-refractivity contribution >= 4 is 11.0 Å². The summed E-state index contributed by atoms with van der Waals surface area (Å²) in [6.45, 7) is 0. The molecule has 1 aromatic carbocycles. The largest absolute Gasteiger partial charge is 0.341 e. The minimum atomic E-state index is -0.820. The van der Waals surface area contributed by atoms with Crippen molar-refractivity contribution in [2.24, 2.45) is 17.8 Å². The van der Waals surface area contributed by atoms with Gasteiger partial charge in [-0.25, -0.2) is 13.8 Å². The number of hydrogen-bond donors (Lipinski definition) is 1. The van der Waals surface area contributed by atoms with E-state index in [1.54, 1.807) is 6.07 Å². The SMILES string of the molecule is Fc1ccc2[nH]c(C34CC5CC(CC(C5)C3)C4)nc2c1F. The molecule has 6 rings (SSSR count). The van der Waals surface area contributed by atoms with Gasteiger partial charge in [0.1, 0.15) is 11.3 Å². The molecule has 4 heteroatoms. The van der Waals surface area contributed by atoms with Crippen LogP contribution in [0.1, 0.15) is 44.3 Å². The Balaban J connectivity index is 1.65. The summed E-state index contributed by atoms with van der Waals surface area (Å²) in [4.78, 5) is 7.80. The Morgan fingerprint density at radius 3 is 2.24 bits per heavy atom. The lowest BCUT2D eigenvalue weighted by atomic mass is 9.49. The number of hydrogen-bond acceptors (Lipinski definition) is 1. The Kier molecular flexibility index (Phi) is 2.22. The summed E-state index contributed by atoms with van der Waals surface area (Å²) in [7, 11) is 0. The van der Waals surface area contributed by atoms with E-state index in [1.165, 1.54) is 44.6 Å². The van der Waals surface area contributed by atoms with Crippen LogP contribution >= 0.6 is 0 Å². The maximum absolute atomic E-state index is 13.9. The maximum atomic E-state index is 13.9. The third kappa shape index (κ3) is 1.59. The summed E-state index contributed by atoms with van der Waals surface area (Å²) in [5.74, 6) is 1.70. The molecule has 21 heavy (non-hydrogen) atoms. The predicted molar refractivity (Wildman–Crippen MR) is 75.9 cm³/mol. The zero-order chi connectivity index (χ0) is 14.2. The zero-order valence-corrected chi connectivity index (χ0v) is 11.8. The fourth-order valence-electron chi connectivity index (χ4n) is 5.67. The highest BCUT2D eigenvalue weighted by molar-refractivity contribution is 5.76. The monoisotopic (exact) mass is 288 g/mol. The van der Waals surface area contributed by atoms with Crippen molar-refractivity contribution in [2.75, 3.05) is 0 Å². The average Bonchev–Trinajstić information content (AvgIpc) is 2.87. The van der Waals surface area contributed by atoms with Gasteiger partial charge in [0.2, 0.25) is 0 Å². The van der Waals surface area contributed by atoms with Crippen LogP contribution in [0.2, 0.25) is 0 Å². The number of benzene rings is 1. The van der Waals surface area contributed by atoms with Crippen LogP contribution in [0.5, 0.6) is 0 Å². The van der Waals surface area contributed by atoms with Gasteiger partial charge in [-0.05, 0) is 68.4 Å². The number of imidazole rings is 1. The first-order valence-corrected chi connectivity index (χ1v) is 7.97. The number of nitrogens with one attached hydrogen (secondary N) is 1. The van der Waals surface area contributed by atoms with E-state index in [1.807, 2.05) is 0 Å². The fraction of sp³-hybridized carbons (Fsp3) is 0.588. The molecule has 110 valence electrons. The quantitative estimate of drug-likeness (QED) is 0.832. The smallest absolute Gasteiger partial charge is 0.186 e. The maximum Gasteiger partial charge on any atom is 0.186 e. The number of nitrogens with zero attached hydrogens (tertiary/aromatic N) is 1. The number of aromatic amines is 1. The molecule has 4 aliphatic rings. The lowest BCUT2D eigenvalue weighted by Crippen LogP contribution is -2.49. The minimum absolute atomic E-state index is 0.0939. The zero-order valence-electron chi connectivity index (χ0n) is 11.8. The molecular formula is C17H18F2N2. The average molecular weight is 288 g/mol. The van der Waals surface area contributed by atoms with E-state index in [4.69, 9.17) is 0 Å². The number of rotatable bonds is 1. The molecule has 0 aliphatic heterocycles.